The third-order valence-corrected chi connectivity index (χ3v) is 6.14. The lowest BCUT2D eigenvalue weighted by Gasteiger charge is -2.32. The lowest BCUT2D eigenvalue weighted by molar-refractivity contribution is -0.127. The predicted molar refractivity (Wildman–Crippen MR) is 104 cm³/mol. The van der Waals surface area contributed by atoms with E-state index in [-0.39, 0.29) is 11.0 Å². The molecule has 164 valence electrons. The van der Waals surface area contributed by atoms with Crippen molar-refractivity contribution in [2.45, 2.75) is 57.7 Å². The molecule has 2 saturated heterocycles. The Morgan fingerprint density at radius 2 is 2.03 bits per heavy atom. The maximum atomic E-state index is 12.8. The van der Waals surface area contributed by atoms with Gasteiger partial charge in [-0.3, -0.25) is 0 Å². The first kappa shape index (κ1) is 20.7. The molecule has 2 aromatic heterocycles. The van der Waals surface area contributed by atoms with Gasteiger partial charge in [0.25, 0.3) is 0 Å². The molecule has 2 aromatic rings. The van der Waals surface area contributed by atoms with Gasteiger partial charge in [0.15, 0.2) is 5.82 Å². The van der Waals surface area contributed by atoms with Gasteiger partial charge in [-0.05, 0) is 56.6 Å². The van der Waals surface area contributed by atoms with Gasteiger partial charge in [0, 0.05) is 25.8 Å². The first-order valence-electron chi connectivity index (χ1n) is 10.2. The number of alkyl halides is 3. The Hall–Kier alpha value is -2.52. The molecule has 0 radical (unpaired) electrons. The van der Waals surface area contributed by atoms with Crippen LogP contribution >= 0.6 is 0 Å². The first-order chi connectivity index (χ1) is 14.0. The summed E-state index contributed by atoms with van der Waals surface area (Å²) in [4.78, 5) is 18.4. The third-order valence-electron chi connectivity index (χ3n) is 6.14. The van der Waals surface area contributed by atoms with Crippen molar-refractivity contribution in [1.82, 2.24) is 19.9 Å². The fourth-order valence-electron chi connectivity index (χ4n) is 4.53. The van der Waals surface area contributed by atoms with Crippen molar-refractivity contribution in [1.29, 1.82) is 0 Å². The van der Waals surface area contributed by atoms with E-state index in [1.165, 1.54) is 23.1 Å². The summed E-state index contributed by atoms with van der Waals surface area (Å²) in [7, 11) is 0. The molecule has 2 fully saturated rings. The van der Waals surface area contributed by atoms with Crippen molar-refractivity contribution < 1.29 is 22.7 Å². The third kappa shape index (κ3) is 4.46. The van der Waals surface area contributed by atoms with Gasteiger partial charge in [0.05, 0.1) is 6.42 Å². The second kappa shape index (κ2) is 7.31. The van der Waals surface area contributed by atoms with Crippen molar-refractivity contribution in [2.75, 3.05) is 24.5 Å². The molecule has 1 unspecified atom stereocenters. The van der Waals surface area contributed by atoms with Crippen LogP contribution in [0.1, 0.15) is 45.1 Å². The summed E-state index contributed by atoms with van der Waals surface area (Å²) in [5.74, 6) is 0.648. The Balaban J connectivity index is 1.57. The van der Waals surface area contributed by atoms with Gasteiger partial charge in [-0.1, -0.05) is 0 Å². The number of rotatable bonds is 2. The Morgan fingerprint density at radius 1 is 1.23 bits per heavy atom. The molecular formula is C20H26F3N5O2. The molecule has 1 N–H and O–H groups in total. The topological polar surface area (TPSA) is 71.8 Å². The minimum atomic E-state index is -4.27. The van der Waals surface area contributed by atoms with E-state index in [2.05, 4.69) is 20.3 Å². The number of alkyl carbamates (subject to hydrolysis) is 1. The van der Waals surface area contributed by atoms with Crippen molar-refractivity contribution >= 4 is 17.4 Å². The van der Waals surface area contributed by atoms with Crippen LogP contribution in [0.15, 0.2) is 18.6 Å². The number of nitrogens with one attached hydrogen (secondary N) is 1. The quantitative estimate of drug-likeness (QED) is 0.794. The molecule has 4 heterocycles. The molecule has 7 nitrogen and oxygen atoms in total. The van der Waals surface area contributed by atoms with Crippen LogP contribution < -0.4 is 10.2 Å². The molecule has 10 heteroatoms. The van der Waals surface area contributed by atoms with Crippen LogP contribution in [0.3, 0.4) is 0 Å². The van der Waals surface area contributed by atoms with Gasteiger partial charge in [0.2, 0.25) is 0 Å². The Kier molecular flexibility index (Phi) is 5.06. The van der Waals surface area contributed by atoms with E-state index in [0.29, 0.717) is 17.9 Å². The number of cyclic esters (lactones) is 1. The van der Waals surface area contributed by atoms with Crippen LogP contribution in [0.4, 0.5) is 23.8 Å². The van der Waals surface area contributed by atoms with Gasteiger partial charge in [0.1, 0.15) is 17.4 Å². The zero-order chi connectivity index (χ0) is 21.6. The average molecular weight is 425 g/mol. The molecule has 0 aliphatic carbocycles. The summed E-state index contributed by atoms with van der Waals surface area (Å²) in [5.41, 5.74) is 0.183. The molecule has 0 saturated carbocycles. The predicted octanol–water partition coefficient (Wildman–Crippen LogP) is 3.72. The van der Waals surface area contributed by atoms with E-state index in [0.717, 1.165) is 38.8 Å². The molecule has 0 bridgehead atoms. The molecule has 1 atom stereocenters. The van der Waals surface area contributed by atoms with Gasteiger partial charge < -0.3 is 15.0 Å². The maximum absolute atomic E-state index is 12.8. The standard InChI is InChI=1S/C20H26F3N5O2/c1-18(2)3-4-19(5-7-24-17(29)30-18)6-8-27(12-19)16-15-9-14(10-20(21,22)23)11-28(15)26-13-25-16/h9,11,13H,3-8,10,12H2,1-2H3,(H,24,29). The minimum Gasteiger partial charge on any atom is -0.444 e. The molecular weight excluding hydrogens is 399 g/mol. The number of hydrogen-bond acceptors (Lipinski definition) is 5. The summed E-state index contributed by atoms with van der Waals surface area (Å²) >= 11 is 0. The zero-order valence-electron chi connectivity index (χ0n) is 17.1. The second-order valence-corrected chi connectivity index (χ2v) is 9.05. The monoisotopic (exact) mass is 425 g/mol. The summed E-state index contributed by atoms with van der Waals surface area (Å²) < 4.78 is 45.4. The van der Waals surface area contributed by atoms with Crippen LogP contribution in [0, 0.1) is 5.41 Å². The number of halogens is 3. The van der Waals surface area contributed by atoms with E-state index >= 15 is 0 Å². The minimum absolute atomic E-state index is 0.0123. The largest absolute Gasteiger partial charge is 0.444 e. The number of aromatic nitrogens is 3. The van der Waals surface area contributed by atoms with Crippen LogP contribution in [0.2, 0.25) is 0 Å². The maximum Gasteiger partial charge on any atom is 0.407 e. The summed E-state index contributed by atoms with van der Waals surface area (Å²) in [5, 5.41) is 6.91. The molecule has 30 heavy (non-hydrogen) atoms. The average Bonchev–Trinajstić information content (AvgIpc) is 3.22. The lowest BCUT2D eigenvalue weighted by Crippen LogP contribution is -2.33. The van der Waals surface area contributed by atoms with Gasteiger partial charge >= 0.3 is 12.3 Å². The number of ether oxygens (including phenoxy) is 1. The molecule has 2 aliphatic heterocycles. The Morgan fingerprint density at radius 3 is 2.80 bits per heavy atom. The molecule has 1 spiro atoms. The van der Waals surface area contributed by atoms with E-state index in [9.17, 15) is 18.0 Å². The number of carbonyl (C=O) groups excluding carboxylic acids is 1. The SMILES string of the molecule is CC1(C)CCC2(CCNC(=O)O1)CCN(c1ncnn3cc(CC(F)(F)F)cc13)C2. The van der Waals surface area contributed by atoms with E-state index in [4.69, 9.17) is 4.74 Å². The van der Waals surface area contributed by atoms with E-state index in [1.807, 2.05) is 13.8 Å². The van der Waals surface area contributed by atoms with Crippen LogP contribution in [0.25, 0.3) is 5.52 Å². The van der Waals surface area contributed by atoms with Crippen molar-refractivity contribution in [3.63, 3.8) is 0 Å². The van der Waals surface area contributed by atoms with Crippen LogP contribution in [-0.2, 0) is 11.2 Å². The summed E-state index contributed by atoms with van der Waals surface area (Å²) in [6, 6.07) is 1.52. The van der Waals surface area contributed by atoms with Gasteiger partial charge in [-0.15, -0.1) is 0 Å². The fourth-order valence-corrected chi connectivity index (χ4v) is 4.53. The number of hydrogen-bond donors (Lipinski definition) is 1. The molecule has 2 aliphatic rings. The number of carbonyl (C=O) groups is 1. The lowest BCUT2D eigenvalue weighted by atomic mass is 9.77. The highest BCUT2D eigenvalue weighted by Gasteiger charge is 2.41. The zero-order valence-corrected chi connectivity index (χ0v) is 17.1. The highest BCUT2D eigenvalue weighted by atomic mass is 19.4. The van der Waals surface area contributed by atoms with Gasteiger partial charge in [-0.25, -0.2) is 14.3 Å². The smallest absolute Gasteiger partial charge is 0.407 e. The van der Waals surface area contributed by atoms with E-state index < -0.39 is 24.3 Å². The molecule has 4 rings (SSSR count). The van der Waals surface area contributed by atoms with E-state index in [1.54, 1.807) is 0 Å². The Labute approximate surface area is 172 Å². The Bertz CT molecular complexity index is 942. The number of anilines is 1. The normalized spacial score (nSPS) is 25.0. The van der Waals surface area contributed by atoms with Crippen LogP contribution in [-0.4, -0.2) is 52.1 Å². The van der Waals surface area contributed by atoms with Crippen LogP contribution in [0.5, 0.6) is 0 Å². The number of nitrogens with zero attached hydrogens (tertiary/aromatic N) is 4. The fraction of sp³-hybridized carbons (Fsp3) is 0.650. The van der Waals surface area contributed by atoms with Crippen molar-refractivity contribution in [3.05, 3.63) is 24.2 Å². The van der Waals surface area contributed by atoms with Crippen molar-refractivity contribution in [3.8, 4) is 0 Å². The molecule has 0 aromatic carbocycles. The molecule has 1 amide bonds. The summed E-state index contributed by atoms with van der Waals surface area (Å²) in [6.07, 6.45) is 0.514. The van der Waals surface area contributed by atoms with Crippen molar-refractivity contribution in [2.24, 2.45) is 5.41 Å². The highest BCUT2D eigenvalue weighted by molar-refractivity contribution is 5.70. The summed E-state index contributed by atoms with van der Waals surface area (Å²) in [6.45, 7) is 5.83. The number of fused-ring (bicyclic) bond motifs is 1. The van der Waals surface area contributed by atoms with Gasteiger partial charge in [-0.2, -0.15) is 18.3 Å². The first-order valence-corrected chi connectivity index (χ1v) is 10.2. The number of amides is 1. The highest BCUT2D eigenvalue weighted by Crippen LogP contribution is 2.42. The second-order valence-electron chi connectivity index (χ2n) is 9.05.